The van der Waals surface area contributed by atoms with Gasteiger partial charge in [0.1, 0.15) is 31.0 Å². The van der Waals surface area contributed by atoms with Crippen LogP contribution in [0.15, 0.2) is 127 Å². The fourth-order valence-corrected chi connectivity index (χ4v) is 7.13. The summed E-state index contributed by atoms with van der Waals surface area (Å²) in [6.45, 7) is 2.73. The Bertz CT molecular complexity index is 1860. The number of rotatable bonds is 10. The van der Waals surface area contributed by atoms with Gasteiger partial charge >= 0.3 is 5.97 Å². The van der Waals surface area contributed by atoms with E-state index in [1.807, 2.05) is 122 Å². The average Bonchev–Trinajstić information content (AvgIpc) is 3.36. The van der Waals surface area contributed by atoms with E-state index >= 15 is 4.79 Å². The number of nitrogens with zero attached hydrogens (tertiary/aromatic N) is 1. The SMILES string of the molecule is CCC(C(=O)O)C1(c2cc3c(cc2OCc2ccccc2)OCCO3)C(=O)N(C(c2ccccc2)c2ccccc2)c2ccccc21. The van der Waals surface area contributed by atoms with Gasteiger partial charge in [0.2, 0.25) is 5.91 Å². The van der Waals surface area contributed by atoms with Crippen molar-refractivity contribution in [2.24, 2.45) is 5.92 Å². The fraction of sp³-hybridized carbons (Fsp3) is 0.200. The van der Waals surface area contributed by atoms with Crippen LogP contribution in [0.3, 0.4) is 0 Å². The van der Waals surface area contributed by atoms with Gasteiger partial charge in [-0.1, -0.05) is 116 Å². The first kappa shape index (κ1) is 30.1. The molecule has 47 heavy (non-hydrogen) atoms. The number of carbonyl (C=O) groups is 2. The van der Waals surface area contributed by atoms with Crippen molar-refractivity contribution in [3.8, 4) is 17.2 Å². The van der Waals surface area contributed by atoms with Crippen molar-refractivity contribution in [2.75, 3.05) is 18.1 Å². The van der Waals surface area contributed by atoms with E-state index in [4.69, 9.17) is 14.2 Å². The van der Waals surface area contributed by atoms with Crippen molar-refractivity contribution in [3.05, 3.63) is 155 Å². The summed E-state index contributed by atoms with van der Waals surface area (Å²) >= 11 is 0. The highest BCUT2D eigenvalue weighted by Gasteiger charge is 2.61. The van der Waals surface area contributed by atoms with Crippen molar-refractivity contribution in [2.45, 2.75) is 31.4 Å². The number of hydrogen-bond acceptors (Lipinski definition) is 5. The predicted octanol–water partition coefficient (Wildman–Crippen LogP) is 7.57. The minimum absolute atomic E-state index is 0.192. The molecule has 0 spiro atoms. The molecule has 7 heteroatoms. The maximum Gasteiger partial charge on any atom is 0.308 e. The van der Waals surface area contributed by atoms with Gasteiger partial charge in [-0.15, -0.1) is 0 Å². The Labute approximate surface area is 274 Å². The normalized spacial score (nSPS) is 17.3. The molecular formula is C40H35NO6. The topological polar surface area (TPSA) is 85.3 Å². The van der Waals surface area contributed by atoms with Crippen LogP contribution in [-0.2, 0) is 21.6 Å². The zero-order valence-corrected chi connectivity index (χ0v) is 26.0. The Morgan fingerprint density at radius 2 is 1.34 bits per heavy atom. The van der Waals surface area contributed by atoms with Gasteiger partial charge in [-0.3, -0.25) is 14.5 Å². The summed E-state index contributed by atoms with van der Waals surface area (Å²) in [6, 6.07) is 39.9. The monoisotopic (exact) mass is 625 g/mol. The lowest BCUT2D eigenvalue weighted by Crippen LogP contribution is -2.50. The number of carboxylic acid groups (broad SMARTS) is 1. The van der Waals surface area contributed by atoms with Crippen molar-refractivity contribution < 1.29 is 28.9 Å². The molecule has 5 aromatic carbocycles. The van der Waals surface area contributed by atoms with Gasteiger partial charge in [-0.05, 0) is 40.8 Å². The molecule has 0 saturated heterocycles. The standard InChI is InChI=1S/C40H35NO6/c1-2-30(38(42)43)40(32-24-35-36(46-23-22-45-35)25-34(32)47-26-27-14-6-3-7-15-27)31-20-12-13-21-33(31)41(39(40)44)37(28-16-8-4-9-17-28)29-18-10-5-11-19-29/h3-21,24-25,30,37H,2,22-23,26H2,1H3,(H,42,43). The van der Waals surface area contributed by atoms with Gasteiger partial charge in [-0.2, -0.15) is 0 Å². The van der Waals surface area contributed by atoms with Crippen LogP contribution in [-0.4, -0.2) is 30.2 Å². The second-order valence-electron chi connectivity index (χ2n) is 11.8. The van der Waals surface area contributed by atoms with E-state index in [1.165, 1.54) is 0 Å². The van der Waals surface area contributed by atoms with Crippen LogP contribution < -0.4 is 19.1 Å². The molecule has 0 aromatic heterocycles. The Balaban J connectivity index is 1.50. The number of carbonyl (C=O) groups excluding carboxylic acids is 1. The molecule has 1 N–H and O–H groups in total. The third kappa shape index (κ3) is 5.18. The summed E-state index contributed by atoms with van der Waals surface area (Å²) in [4.78, 5) is 30.9. The maximum atomic E-state index is 15.7. The minimum atomic E-state index is -1.65. The quantitative estimate of drug-likeness (QED) is 0.172. The number of hydrogen-bond donors (Lipinski definition) is 1. The average molecular weight is 626 g/mol. The number of aliphatic carboxylic acids is 1. The molecule has 1 amide bonds. The number of para-hydroxylation sites is 1. The largest absolute Gasteiger partial charge is 0.488 e. The minimum Gasteiger partial charge on any atom is -0.488 e. The lowest BCUT2D eigenvalue weighted by Gasteiger charge is -2.38. The van der Waals surface area contributed by atoms with Gasteiger partial charge in [-0.25, -0.2) is 0 Å². The van der Waals surface area contributed by atoms with Crippen molar-refractivity contribution in [3.63, 3.8) is 0 Å². The van der Waals surface area contributed by atoms with Gasteiger partial charge in [0, 0.05) is 17.3 Å². The summed E-state index contributed by atoms with van der Waals surface area (Å²) in [5.74, 6) is -1.23. The Hall–Kier alpha value is -5.56. The molecule has 0 fully saturated rings. The van der Waals surface area contributed by atoms with Gasteiger partial charge in [0.25, 0.3) is 0 Å². The third-order valence-corrected chi connectivity index (χ3v) is 9.17. The molecule has 7 nitrogen and oxygen atoms in total. The molecule has 0 aliphatic carbocycles. The van der Waals surface area contributed by atoms with Crippen LogP contribution in [0.5, 0.6) is 17.2 Å². The van der Waals surface area contributed by atoms with Crippen molar-refractivity contribution in [1.82, 2.24) is 0 Å². The Kier molecular flexibility index (Phi) is 8.12. The molecule has 2 aliphatic rings. The molecule has 7 rings (SSSR count). The van der Waals surface area contributed by atoms with Crippen LogP contribution in [0.4, 0.5) is 5.69 Å². The number of carboxylic acids is 1. The molecule has 0 radical (unpaired) electrons. The van der Waals surface area contributed by atoms with Crippen molar-refractivity contribution in [1.29, 1.82) is 0 Å². The molecule has 2 unspecified atom stereocenters. The summed E-state index contributed by atoms with van der Waals surface area (Å²) in [7, 11) is 0. The van der Waals surface area contributed by atoms with E-state index in [0.717, 1.165) is 16.7 Å². The van der Waals surface area contributed by atoms with E-state index in [-0.39, 0.29) is 18.9 Å². The van der Waals surface area contributed by atoms with E-state index in [9.17, 15) is 9.90 Å². The van der Waals surface area contributed by atoms with E-state index in [1.54, 1.807) is 17.0 Å². The molecule has 0 bridgehead atoms. The van der Waals surface area contributed by atoms with Crippen LogP contribution in [0, 0.1) is 5.92 Å². The number of amides is 1. The fourth-order valence-electron chi connectivity index (χ4n) is 7.13. The highest BCUT2D eigenvalue weighted by molar-refractivity contribution is 6.14. The van der Waals surface area contributed by atoms with Crippen LogP contribution in [0.1, 0.15) is 47.2 Å². The number of ether oxygens (including phenoxy) is 3. The molecular weight excluding hydrogens is 590 g/mol. The second kappa shape index (κ2) is 12.7. The number of benzene rings is 5. The smallest absolute Gasteiger partial charge is 0.308 e. The van der Waals surface area contributed by atoms with Crippen LogP contribution in [0.25, 0.3) is 0 Å². The van der Waals surface area contributed by atoms with Gasteiger partial charge < -0.3 is 19.3 Å². The zero-order valence-electron chi connectivity index (χ0n) is 26.0. The summed E-state index contributed by atoms with van der Waals surface area (Å²) in [5.41, 5.74) is 2.79. The number of anilines is 1. The van der Waals surface area contributed by atoms with E-state index < -0.39 is 23.3 Å². The first-order valence-corrected chi connectivity index (χ1v) is 15.9. The zero-order chi connectivity index (χ0) is 32.4. The van der Waals surface area contributed by atoms with Gasteiger partial charge in [0.05, 0.1) is 12.0 Å². The maximum absolute atomic E-state index is 15.7. The lowest BCUT2D eigenvalue weighted by molar-refractivity contribution is -0.147. The molecule has 5 aromatic rings. The predicted molar refractivity (Wildman–Crippen MR) is 179 cm³/mol. The van der Waals surface area contributed by atoms with Crippen molar-refractivity contribution >= 4 is 17.6 Å². The highest BCUT2D eigenvalue weighted by Crippen LogP contribution is 2.58. The molecule has 236 valence electrons. The first-order valence-electron chi connectivity index (χ1n) is 15.9. The van der Waals surface area contributed by atoms with Gasteiger partial charge in [0.15, 0.2) is 11.5 Å². The Morgan fingerprint density at radius 1 is 0.787 bits per heavy atom. The Morgan fingerprint density at radius 3 is 1.94 bits per heavy atom. The highest BCUT2D eigenvalue weighted by atomic mass is 16.6. The van der Waals surface area contributed by atoms with Crippen LogP contribution >= 0.6 is 0 Å². The molecule has 2 atom stereocenters. The summed E-state index contributed by atoms with van der Waals surface area (Å²) in [5, 5.41) is 10.9. The molecule has 2 heterocycles. The van der Waals surface area contributed by atoms with Crippen LogP contribution in [0.2, 0.25) is 0 Å². The molecule has 0 saturated carbocycles. The summed E-state index contributed by atoms with van der Waals surface area (Å²) in [6.07, 6.45) is 0.192. The number of fused-ring (bicyclic) bond motifs is 2. The summed E-state index contributed by atoms with van der Waals surface area (Å²) < 4.78 is 18.5. The van der Waals surface area contributed by atoms with E-state index in [0.29, 0.717) is 47.3 Å². The molecule has 2 aliphatic heterocycles. The van der Waals surface area contributed by atoms with E-state index in [2.05, 4.69) is 0 Å². The lowest BCUT2D eigenvalue weighted by atomic mass is 9.65. The third-order valence-electron chi connectivity index (χ3n) is 9.17. The second-order valence-corrected chi connectivity index (χ2v) is 11.8. The first-order chi connectivity index (χ1) is 23.0.